The molecule has 1 unspecified atom stereocenters. The van der Waals surface area contributed by atoms with Crippen LogP contribution in [0, 0.1) is 13.8 Å². The minimum Gasteiger partial charge on any atom is -0.497 e. The number of carbonyl (C=O) groups excluding carboxylic acids is 1. The highest BCUT2D eigenvalue weighted by molar-refractivity contribution is 6.32. The van der Waals surface area contributed by atoms with E-state index in [9.17, 15) is 4.79 Å². The zero-order chi connectivity index (χ0) is 19.1. The normalized spacial score (nSPS) is 11.6. The number of hydrogen-bond acceptors (Lipinski definition) is 4. The van der Waals surface area contributed by atoms with Crippen LogP contribution in [0.25, 0.3) is 0 Å². The van der Waals surface area contributed by atoms with Gasteiger partial charge in [-0.05, 0) is 56.2 Å². The lowest BCUT2D eigenvalue weighted by Gasteiger charge is -2.16. The fraction of sp³-hybridized carbons (Fsp3) is 0.350. The number of halogens is 1. The Morgan fingerprint density at radius 2 is 1.77 bits per heavy atom. The van der Waals surface area contributed by atoms with E-state index < -0.39 is 6.10 Å². The third-order valence-corrected chi connectivity index (χ3v) is 4.40. The van der Waals surface area contributed by atoms with E-state index >= 15 is 0 Å². The molecule has 2 rings (SSSR count). The molecule has 1 N–H and O–H groups in total. The van der Waals surface area contributed by atoms with Gasteiger partial charge in [-0.25, -0.2) is 0 Å². The third kappa shape index (κ3) is 5.56. The molecule has 0 aromatic heterocycles. The van der Waals surface area contributed by atoms with Gasteiger partial charge in [0.1, 0.15) is 23.9 Å². The number of hydrogen-bond donors (Lipinski definition) is 1. The molecule has 1 atom stereocenters. The third-order valence-electron chi connectivity index (χ3n) is 3.80. The van der Waals surface area contributed by atoms with Crippen LogP contribution in [0.4, 0.5) is 0 Å². The predicted octanol–water partition coefficient (Wildman–Crippen LogP) is 3.93. The lowest BCUT2D eigenvalue weighted by molar-refractivity contribution is -0.127. The zero-order valence-electron chi connectivity index (χ0n) is 15.5. The van der Waals surface area contributed by atoms with E-state index in [0.29, 0.717) is 29.7 Å². The van der Waals surface area contributed by atoms with Crippen molar-refractivity contribution in [3.63, 3.8) is 0 Å². The molecule has 0 radical (unpaired) electrons. The Morgan fingerprint density at radius 3 is 2.42 bits per heavy atom. The molecule has 0 aliphatic rings. The van der Waals surface area contributed by atoms with Crippen molar-refractivity contribution in [1.82, 2.24) is 5.32 Å². The van der Waals surface area contributed by atoms with Gasteiger partial charge < -0.3 is 19.5 Å². The number of ether oxygens (including phenoxy) is 3. The molecule has 0 heterocycles. The first-order valence-corrected chi connectivity index (χ1v) is 8.76. The second-order valence-corrected chi connectivity index (χ2v) is 6.33. The molecule has 26 heavy (non-hydrogen) atoms. The molecular formula is C20H24ClNO4. The highest BCUT2D eigenvalue weighted by Crippen LogP contribution is 2.26. The first-order chi connectivity index (χ1) is 12.4. The molecule has 0 saturated heterocycles. The van der Waals surface area contributed by atoms with Gasteiger partial charge in [-0.2, -0.15) is 0 Å². The fourth-order valence-electron chi connectivity index (χ4n) is 2.41. The molecule has 2 aromatic carbocycles. The maximum Gasteiger partial charge on any atom is 0.260 e. The monoisotopic (exact) mass is 377 g/mol. The summed E-state index contributed by atoms with van der Waals surface area (Å²) in [6.45, 7) is 6.25. The molecule has 6 heteroatoms. The molecule has 0 spiro atoms. The fourth-order valence-corrected chi connectivity index (χ4v) is 2.52. The standard InChI is InChI=1S/C20H24ClNO4/c1-13-10-18(11-14(2)19(13)21)26-15(3)20(23)22-8-9-25-17-7-5-6-16(12-17)24-4/h5-7,10-12,15H,8-9H2,1-4H3,(H,22,23). The molecule has 0 aliphatic heterocycles. The topological polar surface area (TPSA) is 56.8 Å². The Hall–Kier alpha value is -2.40. The molecule has 0 saturated carbocycles. The van der Waals surface area contributed by atoms with Crippen LogP contribution < -0.4 is 19.5 Å². The molecule has 0 bridgehead atoms. The highest BCUT2D eigenvalue weighted by Gasteiger charge is 2.15. The van der Waals surface area contributed by atoms with Gasteiger partial charge in [-0.15, -0.1) is 0 Å². The van der Waals surface area contributed by atoms with E-state index in [1.54, 1.807) is 20.1 Å². The summed E-state index contributed by atoms with van der Waals surface area (Å²) in [5.41, 5.74) is 1.84. The summed E-state index contributed by atoms with van der Waals surface area (Å²) in [4.78, 5) is 12.2. The van der Waals surface area contributed by atoms with Crippen LogP contribution in [0.3, 0.4) is 0 Å². The maximum atomic E-state index is 12.2. The van der Waals surface area contributed by atoms with Crippen molar-refractivity contribution in [2.24, 2.45) is 0 Å². The lowest BCUT2D eigenvalue weighted by atomic mass is 10.1. The molecule has 5 nitrogen and oxygen atoms in total. The smallest absolute Gasteiger partial charge is 0.260 e. The Bertz CT molecular complexity index is 740. The van der Waals surface area contributed by atoms with Crippen molar-refractivity contribution in [3.8, 4) is 17.2 Å². The number of rotatable bonds is 8. The summed E-state index contributed by atoms with van der Waals surface area (Å²) in [5.74, 6) is 1.83. The summed E-state index contributed by atoms with van der Waals surface area (Å²) in [5, 5.41) is 3.51. The van der Waals surface area contributed by atoms with Gasteiger partial charge in [0.15, 0.2) is 6.10 Å². The van der Waals surface area contributed by atoms with Gasteiger partial charge in [0.05, 0.1) is 13.7 Å². The van der Waals surface area contributed by atoms with E-state index in [1.807, 2.05) is 44.2 Å². The van der Waals surface area contributed by atoms with Crippen molar-refractivity contribution >= 4 is 17.5 Å². The molecule has 1 amide bonds. The Kier molecular flexibility index (Phi) is 7.16. The number of amides is 1. The summed E-state index contributed by atoms with van der Waals surface area (Å²) in [6.07, 6.45) is -0.619. The molecule has 0 fully saturated rings. The van der Waals surface area contributed by atoms with Crippen LogP contribution in [0.15, 0.2) is 36.4 Å². The van der Waals surface area contributed by atoms with Crippen molar-refractivity contribution in [2.45, 2.75) is 26.9 Å². The van der Waals surface area contributed by atoms with Gasteiger partial charge in [0, 0.05) is 11.1 Å². The van der Waals surface area contributed by atoms with Gasteiger partial charge in [-0.1, -0.05) is 17.7 Å². The molecule has 0 aliphatic carbocycles. The average molecular weight is 378 g/mol. The van der Waals surface area contributed by atoms with E-state index in [1.165, 1.54) is 0 Å². The van der Waals surface area contributed by atoms with Crippen LogP contribution in [0.5, 0.6) is 17.2 Å². The van der Waals surface area contributed by atoms with E-state index in [0.717, 1.165) is 16.9 Å². The van der Waals surface area contributed by atoms with Gasteiger partial charge in [0.25, 0.3) is 5.91 Å². The number of benzene rings is 2. The van der Waals surface area contributed by atoms with Crippen LogP contribution in [-0.4, -0.2) is 32.3 Å². The summed E-state index contributed by atoms with van der Waals surface area (Å²) >= 11 is 6.15. The second kappa shape index (κ2) is 9.34. The molecular weight excluding hydrogens is 354 g/mol. The van der Waals surface area contributed by atoms with E-state index in [4.69, 9.17) is 25.8 Å². The number of methoxy groups -OCH3 is 1. The minimum absolute atomic E-state index is 0.204. The zero-order valence-corrected chi connectivity index (χ0v) is 16.2. The lowest BCUT2D eigenvalue weighted by Crippen LogP contribution is -2.38. The first kappa shape index (κ1) is 19.9. The van der Waals surface area contributed by atoms with Gasteiger partial charge >= 0.3 is 0 Å². The highest BCUT2D eigenvalue weighted by atomic mass is 35.5. The summed E-state index contributed by atoms with van der Waals surface area (Å²) in [6, 6.07) is 11.0. The number of carbonyl (C=O) groups is 1. The maximum absolute atomic E-state index is 12.2. The predicted molar refractivity (Wildman–Crippen MR) is 103 cm³/mol. The van der Waals surface area contributed by atoms with Gasteiger partial charge in [-0.3, -0.25) is 4.79 Å². The molecule has 2 aromatic rings. The van der Waals surface area contributed by atoms with E-state index in [2.05, 4.69) is 5.32 Å². The quantitative estimate of drug-likeness (QED) is 0.708. The van der Waals surface area contributed by atoms with Crippen LogP contribution in [-0.2, 0) is 4.79 Å². The van der Waals surface area contributed by atoms with Crippen molar-refractivity contribution < 1.29 is 19.0 Å². The summed E-state index contributed by atoms with van der Waals surface area (Å²) in [7, 11) is 1.60. The number of nitrogens with one attached hydrogen (secondary N) is 1. The largest absolute Gasteiger partial charge is 0.497 e. The van der Waals surface area contributed by atoms with Gasteiger partial charge in [0.2, 0.25) is 0 Å². The Morgan fingerprint density at radius 1 is 1.12 bits per heavy atom. The van der Waals surface area contributed by atoms with Crippen LogP contribution >= 0.6 is 11.6 Å². The van der Waals surface area contributed by atoms with Crippen molar-refractivity contribution in [1.29, 1.82) is 0 Å². The first-order valence-electron chi connectivity index (χ1n) is 8.38. The average Bonchev–Trinajstić information content (AvgIpc) is 2.63. The molecule has 140 valence electrons. The van der Waals surface area contributed by atoms with Crippen LogP contribution in [0.2, 0.25) is 5.02 Å². The minimum atomic E-state index is -0.619. The van der Waals surface area contributed by atoms with Crippen molar-refractivity contribution in [3.05, 3.63) is 52.5 Å². The Balaban J connectivity index is 1.78. The Labute approximate surface area is 159 Å². The van der Waals surface area contributed by atoms with Crippen molar-refractivity contribution in [2.75, 3.05) is 20.3 Å². The number of aryl methyl sites for hydroxylation is 2. The second-order valence-electron chi connectivity index (χ2n) is 5.95. The van der Waals surface area contributed by atoms with Crippen LogP contribution in [0.1, 0.15) is 18.1 Å². The van der Waals surface area contributed by atoms with E-state index in [-0.39, 0.29) is 5.91 Å². The SMILES string of the molecule is COc1cccc(OCCNC(=O)C(C)Oc2cc(C)c(Cl)c(C)c2)c1. The summed E-state index contributed by atoms with van der Waals surface area (Å²) < 4.78 is 16.4.